The van der Waals surface area contributed by atoms with Crippen molar-refractivity contribution in [1.29, 1.82) is 0 Å². The summed E-state index contributed by atoms with van der Waals surface area (Å²) in [4.78, 5) is 7.09. The molecule has 0 spiro atoms. The molecule has 0 aliphatic carbocycles. The summed E-state index contributed by atoms with van der Waals surface area (Å²) in [5.74, 6) is 2.59. The van der Waals surface area contributed by atoms with Crippen molar-refractivity contribution in [2.75, 3.05) is 24.5 Å². The van der Waals surface area contributed by atoms with E-state index in [0.29, 0.717) is 11.3 Å². The average Bonchev–Trinajstić information content (AvgIpc) is 2.88. The Morgan fingerprint density at radius 3 is 2.62 bits per heavy atom. The maximum Gasteiger partial charge on any atom is 0.128 e. The molecule has 2 heterocycles. The van der Waals surface area contributed by atoms with E-state index >= 15 is 0 Å². The van der Waals surface area contributed by atoms with E-state index in [1.54, 1.807) is 0 Å². The topological polar surface area (TPSA) is 28.2 Å². The van der Waals surface area contributed by atoms with Gasteiger partial charge in [-0.25, -0.2) is 4.98 Å². The molecule has 21 heavy (non-hydrogen) atoms. The largest absolute Gasteiger partial charge is 0.356 e. The van der Waals surface area contributed by atoms with Crippen LogP contribution in [0.1, 0.15) is 46.6 Å². The average molecular weight is 289 g/mol. The third kappa shape index (κ3) is 4.70. The molecule has 1 aromatic rings. The molecule has 3 nitrogen and oxygen atoms in total. The maximum absolute atomic E-state index is 4.66. The van der Waals surface area contributed by atoms with Crippen molar-refractivity contribution in [3.63, 3.8) is 0 Å². The highest BCUT2D eigenvalue weighted by molar-refractivity contribution is 5.40. The maximum atomic E-state index is 4.66. The Labute approximate surface area is 130 Å². The van der Waals surface area contributed by atoms with Crippen LogP contribution in [0.3, 0.4) is 0 Å². The third-order valence-electron chi connectivity index (χ3n) is 4.43. The number of hydrogen-bond donors (Lipinski definition) is 1. The summed E-state index contributed by atoms with van der Waals surface area (Å²) in [6, 6.07) is 4.39. The quantitative estimate of drug-likeness (QED) is 0.896. The Bertz CT molecular complexity index is 431. The van der Waals surface area contributed by atoms with Gasteiger partial charge in [0, 0.05) is 25.8 Å². The van der Waals surface area contributed by atoms with Crippen LogP contribution < -0.4 is 10.2 Å². The summed E-state index contributed by atoms with van der Waals surface area (Å²) in [5.41, 5.74) is 1.67. The van der Waals surface area contributed by atoms with E-state index < -0.39 is 0 Å². The van der Waals surface area contributed by atoms with Crippen LogP contribution in [0.4, 0.5) is 5.82 Å². The molecule has 1 aromatic heterocycles. The second-order valence-corrected chi connectivity index (χ2v) is 7.85. The Kier molecular flexibility index (Phi) is 5.26. The first-order chi connectivity index (χ1) is 9.86. The lowest BCUT2D eigenvalue weighted by Crippen LogP contribution is -2.26. The minimum absolute atomic E-state index is 0.398. The van der Waals surface area contributed by atoms with Gasteiger partial charge in [-0.3, -0.25) is 0 Å². The number of aromatic nitrogens is 1. The lowest BCUT2D eigenvalue weighted by atomic mass is 9.80. The molecule has 3 heteroatoms. The predicted molar refractivity (Wildman–Crippen MR) is 90.6 cm³/mol. The third-order valence-corrected chi connectivity index (χ3v) is 4.43. The van der Waals surface area contributed by atoms with Crippen LogP contribution in [0.5, 0.6) is 0 Å². The van der Waals surface area contributed by atoms with Gasteiger partial charge in [-0.15, -0.1) is 0 Å². The van der Waals surface area contributed by atoms with Crippen LogP contribution >= 0.6 is 0 Å². The van der Waals surface area contributed by atoms with Gasteiger partial charge in [0.25, 0.3) is 0 Å². The Morgan fingerprint density at radius 2 is 2.10 bits per heavy atom. The standard InChI is InChI=1S/C18H31N3/c1-14(2)10-19-11-15-6-7-17(20-12-15)21-9-8-16(13-21)18(3,4)5/h6-7,12,14,16,19H,8-11,13H2,1-5H3. The van der Waals surface area contributed by atoms with Crippen molar-refractivity contribution < 1.29 is 0 Å². The van der Waals surface area contributed by atoms with Crippen LogP contribution in [0.15, 0.2) is 18.3 Å². The zero-order valence-corrected chi connectivity index (χ0v) is 14.3. The molecule has 1 N–H and O–H groups in total. The highest BCUT2D eigenvalue weighted by Crippen LogP contribution is 2.34. The molecule has 0 amide bonds. The molecule has 1 atom stereocenters. The number of rotatable bonds is 5. The fraction of sp³-hybridized carbons (Fsp3) is 0.722. The van der Waals surface area contributed by atoms with Gasteiger partial charge in [-0.1, -0.05) is 40.7 Å². The van der Waals surface area contributed by atoms with Gasteiger partial charge in [0.15, 0.2) is 0 Å². The molecule has 0 saturated carbocycles. The van der Waals surface area contributed by atoms with Crippen LogP contribution in [0.2, 0.25) is 0 Å². The molecule has 2 rings (SSSR count). The van der Waals surface area contributed by atoms with Crippen LogP contribution in [0, 0.1) is 17.3 Å². The highest BCUT2D eigenvalue weighted by atomic mass is 15.2. The lowest BCUT2D eigenvalue weighted by Gasteiger charge is -2.27. The van der Waals surface area contributed by atoms with Crippen molar-refractivity contribution in [3.8, 4) is 0 Å². The monoisotopic (exact) mass is 289 g/mol. The fourth-order valence-corrected chi connectivity index (χ4v) is 2.89. The van der Waals surface area contributed by atoms with Crippen LogP contribution in [-0.4, -0.2) is 24.6 Å². The van der Waals surface area contributed by atoms with Gasteiger partial charge in [-0.05, 0) is 41.8 Å². The Morgan fingerprint density at radius 1 is 1.33 bits per heavy atom. The van der Waals surface area contributed by atoms with Crippen molar-refractivity contribution in [2.24, 2.45) is 17.3 Å². The summed E-state index contributed by atoms with van der Waals surface area (Å²) in [6.45, 7) is 15.7. The van der Waals surface area contributed by atoms with E-state index in [1.165, 1.54) is 12.0 Å². The normalized spacial score (nSPS) is 19.5. The van der Waals surface area contributed by atoms with E-state index in [9.17, 15) is 0 Å². The summed E-state index contributed by atoms with van der Waals surface area (Å²) >= 11 is 0. The minimum atomic E-state index is 0.398. The molecule has 1 aliphatic heterocycles. The molecule has 0 radical (unpaired) electrons. The first kappa shape index (κ1) is 16.3. The Balaban J connectivity index is 1.88. The number of nitrogens with zero attached hydrogens (tertiary/aromatic N) is 2. The van der Waals surface area contributed by atoms with Crippen molar-refractivity contribution in [1.82, 2.24) is 10.3 Å². The van der Waals surface area contributed by atoms with Crippen LogP contribution in [0.25, 0.3) is 0 Å². The molecule has 1 saturated heterocycles. The smallest absolute Gasteiger partial charge is 0.128 e. The van der Waals surface area contributed by atoms with E-state index in [1.807, 2.05) is 6.20 Å². The van der Waals surface area contributed by atoms with Gasteiger partial charge >= 0.3 is 0 Å². The van der Waals surface area contributed by atoms with E-state index in [0.717, 1.165) is 37.9 Å². The summed E-state index contributed by atoms with van der Waals surface area (Å²) in [5, 5.41) is 3.46. The lowest BCUT2D eigenvalue weighted by molar-refractivity contribution is 0.263. The molecule has 0 aromatic carbocycles. The van der Waals surface area contributed by atoms with Crippen molar-refractivity contribution in [3.05, 3.63) is 23.9 Å². The summed E-state index contributed by atoms with van der Waals surface area (Å²) < 4.78 is 0. The van der Waals surface area contributed by atoms with Gasteiger partial charge in [-0.2, -0.15) is 0 Å². The second-order valence-electron chi connectivity index (χ2n) is 7.85. The van der Waals surface area contributed by atoms with E-state index in [4.69, 9.17) is 0 Å². The van der Waals surface area contributed by atoms with E-state index in [-0.39, 0.29) is 0 Å². The SMILES string of the molecule is CC(C)CNCc1ccc(N2CCC(C(C)(C)C)C2)nc1. The van der Waals surface area contributed by atoms with Crippen molar-refractivity contribution in [2.45, 2.75) is 47.6 Å². The van der Waals surface area contributed by atoms with Gasteiger partial charge in [0.2, 0.25) is 0 Å². The zero-order valence-electron chi connectivity index (χ0n) is 14.3. The number of anilines is 1. The number of hydrogen-bond acceptors (Lipinski definition) is 3. The van der Waals surface area contributed by atoms with Gasteiger partial charge < -0.3 is 10.2 Å². The van der Waals surface area contributed by atoms with Gasteiger partial charge in [0.05, 0.1) is 0 Å². The second kappa shape index (κ2) is 6.78. The van der Waals surface area contributed by atoms with E-state index in [2.05, 4.69) is 62.0 Å². The molecular weight excluding hydrogens is 258 g/mol. The first-order valence-electron chi connectivity index (χ1n) is 8.27. The summed E-state index contributed by atoms with van der Waals surface area (Å²) in [6.07, 6.45) is 3.30. The van der Waals surface area contributed by atoms with Crippen molar-refractivity contribution >= 4 is 5.82 Å². The zero-order chi connectivity index (χ0) is 15.5. The molecule has 1 aliphatic rings. The van der Waals surface area contributed by atoms with Gasteiger partial charge in [0.1, 0.15) is 5.82 Å². The predicted octanol–water partition coefficient (Wildman–Crippen LogP) is 3.70. The Hall–Kier alpha value is -1.09. The summed E-state index contributed by atoms with van der Waals surface area (Å²) in [7, 11) is 0. The fourth-order valence-electron chi connectivity index (χ4n) is 2.89. The molecule has 1 unspecified atom stereocenters. The first-order valence-corrected chi connectivity index (χ1v) is 8.27. The minimum Gasteiger partial charge on any atom is -0.356 e. The molecule has 0 bridgehead atoms. The van der Waals surface area contributed by atoms with Crippen LogP contribution in [-0.2, 0) is 6.54 Å². The number of nitrogens with one attached hydrogen (secondary N) is 1. The molecular formula is C18H31N3. The molecule has 1 fully saturated rings. The highest BCUT2D eigenvalue weighted by Gasteiger charge is 2.32. The molecule has 118 valence electrons. The number of pyridine rings is 1.